The number of anilines is 2. The molecule has 0 saturated carbocycles. The molecule has 2 aromatic carbocycles. The molecule has 1 aliphatic heterocycles. The highest BCUT2D eigenvalue weighted by Crippen LogP contribution is 2.25. The van der Waals surface area contributed by atoms with Crippen molar-refractivity contribution in [2.45, 2.75) is 39.2 Å². The summed E-state index contributed by atoms with van der Waals surface area (Å²) in [6, 6.07) is 16.5. The lowest BCUT2D eigenvalue weighted by Gasteiger charge is -2.28. The first kappa shape index (κ1) is 24.8. The van der Waals surface area contributed by atoms with Crippen molar-refractivity contribution in [3.8, 4) is 6.07 Å². The molecular formula is C29H27N7O2. The molecule has 4 aromatic rings. The molecule has 190 valence electrons. The van der Waals surface area contributed by atoms with Crippen molar-refractivity contribution in [3.05, 3.63) is 101 Å². The average Bonchev–Trinajstić information content (AvgIpc) is 3.35. The number of benzene rings is 2. The summed E-state index contributed by atoms with van der Waals surface area (Å²) < 4.78 is 1.56. The zero-order chi connectivity index (χ0) is 26.9. The first-order chi connectivity index (χ1) is 18.2. The van der Waals surface area contributed by atoms with E-state index < -0.39 is 5.91 Å². The standard InChI is InChI=1S/C29H27N7O2/c1-29(2,3)28-31-16-21(17-32-28)13-19-7-9-23(10-8-19)35-11-12-36-25(27(35)38)24(18-33-36)26(37)34-22-6-4-5-20(14-22)15-30/h4-10,14,16-18H,11-13H2,1-3H3,(H,34,37). The van der Waals surface area contributed by atoms with E-state index in [0.717, 1.165) is 22.6 Å². The van der Waals surface area contributed by atoms with Gasteiger partial charge in [-0.15, -0.1) is 0 Å². The van der Waals surface area contributed by atoms with Gasteiger partial charge in [0.05, 0.1) is 29.9 Å². The predicted octanol–water partition coefficient (Wildman–Crippen LogP) is 4.35. The molecule has 1 N–H and O–H groups in total. The van der Waals surface area contributed by atoms with Crippen molar-refractivity contribution in [1.82, 2.24) is 19.7 Å². The molecule has 0 bridgehead atoms. The minimum atomic E-state index is -0.452. The number of nitrogens with zero attached hydrogens (tertiary/aromatic N) is 6. The SMILES string of the molecule is CC(C)(C)c1ncc(Cc2ccc(N3CCn4ncc(C(=O)Nc5cccc(C#N)c5)c4C3=O)cc2)cn1. The maximum atomic E-state index is 13.5. The summed E-state index contributed by atoms with van der Waals surface area (Å²) in [7, 11) is 0. The van der Waals surface area contributed by atoms with Crippen LogP contribution in [0.2, 0.25) is 0 Å². The van der Waals surface area contributed by atoms with Crippen LogP contribution in [0.1, 0.15) is 64.1 Å². The Morgan fingerprint density at radius 2 is 1.76 bits per heavy atom. The highest BCUT2D eigenvalue weighted by molar-refractivity contribution is 6.15. The molecule has 0 atom stereocenters. The van der Waals surface area contributed by atoms with Crippen LogP contribution in [0.5, 0.6) is 0 Å². The lowest BCUT2D eigenvalue weighted by atomic mass is 9.95. The number of hydrogen-bond donors (Lipinski definition) is 1. The Morgan fingerprint density at radius 1 is 1.03 bits per heavy atom. The molecule has 1 aliphatic rings. The fraction of sp³-hybridized carbons (Fsp3) is 0.241. The zero-order valence-corrected chi connectivity index (χ0v) is 21.5. The van der Waals surface area contributed by atoms with Crippen LogP contribution >= 0.6 is 0 Å². The van der Waals surface area contributed by atoms with Crippen molar-refractivity contribution in [3.63, 3.8) is 0 Å². The van der Waals surface area contributed by atoms with Gasteiger partial charge in [0, 0.05) is 42.1 Å². The highest BCUT2D eigenvalue weighted by atomic mass is 16.2. The van der Waals surface area contributed by atoms with E-state index in [0.29, 0.717) is 30.8 Å². The highest BCUT2D eigenvalue weighted by Gasteiger charge is 2.32. The summed E-state index contributed by atoms with van der Waals surface area (Å²) in [4.78, 5) is 37.1. The average molecular weight is 506 g/mol. The molecule has 0 unspecified atom stereocenters. The van der Waals surface area contributed by atoms with Gasteiger partial charge in [-0.05, 0) is 41.5 Å². The van der Waals surface area contributed by atoms with E-state index in [4.69, 9.17) is 5.26 Å². The van der Waals surface area contributed by atoms with Crippen LogP contribution in [-0.2, 0) is 18.4 Å². The molecule has 9 nitrogen and oxygen atoms in total. The molecular weight excluding hydrogens is 478 g/mol. The molecule has 0 radical (unpaired) electrons. The van der Waals surface area contributed by atoms with E-state index in [2.05, 4.69) is 41.2 Å². The number of fused-ring (bicyclic) bond motifs is 1. The van der Waals surface area contributed by atoms with E-state index in [1.54, 1.807) is 33.8 Å². The van der Waals surface area contributed by atoms with Crippen molar-refractivity contribution in [1.29, 1.82) is 5.26 Å². The third-order valence-corrected chi connectivity index (χ3v) is 6.35. The number of nitriles is 1. The Bertz CT molecular complexity index is 1540. The summed E-state index contributed by atoms with van der Waals surface area (Å²) in [6.07, 6.45) is 5.82. The molecule has 0 saturated heterocycles. The van der Waals surface area contributed by atoms with Crippen molar-refractivity contribution < 1.29 is 9.59 Å². The van der Waals surface area contributed by atoms with Crippen molar-refractivity contribution in [2.24, 2.45) is 0 Å². The van der Waals surface area contributed by atoms with Crippen LogP contribution in [0.3, 0.4) is 0 Å². The first-order valence-electron chi connectivity index (χ1n) is 12.3. The molecule has 5 rings (SSSR count). The van der Waals surface area contributed by atoms with Gasteiger partial charge in [0.1, 0.15) is 11.5 Å². The Labute approximate surface area is 220 Å². The number of aromatic nitrogens is 4. The van der Waals surface area contributed by atoms with Gasteiger partial charge < -0.3 is 10.2 Å². The van der Waals surface area contributed by atoms with Crippen LogP contribution < -0.4 is 10.2 Å². The second kappa shape index (κ2) is 9.90. The number of carbonyl (C=O) groups is 2. The summed E-state index contributed by atoms with van der Waals surface area (Å²) in [6.45, 7) is 7.16. The molecule has 2 amide bonds. The summed E-state index contributed by atoms with van der Waals surface area (Å²) in [5.41, 5.74) is 4.08. The second-order valence-corrected chi connectivity index (χ2v) is 10.2. The summed E-state index contributed by atoms with van der Waals surface area (Å²) in [5, 5.41) is 16.1. The smallest absolute Gasteiger partial charge is 0.277 e. The van der Waals surface area contributed by atoms with Gasteiger partial charge in [-0.25, -0.2) is 9.97 Å². The first-order valence-corrected chi connectivity index (χ1v) is 12.3. The van der Waals surface area contributed by atoms with Gasteiger partial charge in [-0.3, -0.25) is 14.3 Å². The van der Waals surface area contributed by atoms with E-state index in [1.165, 1.54) is 6.20 Å². The Balaban J connectivity index is 1.31. The summed E-state index contributed by atoms with van der Waals surface area (Å²) >= 11 is 0. The van der Waals surface area contributed by atoms with E-state index in [-0.39, 0.29) is 22.6 Å². The van der Waals surface area contributed by atoms with Crippen molar-refractivity contribution in [2.75, 3.05) is 16.8 Å². The number of amides is 2. The van der Waals surface area contributed by atoms with Crippen LogP contribution in [0, 0.1) is 11.3 Å². The zero-order valence-electron chi connectivity index (χ0n) is 21.5. The third-order valence-electron chi connectivity index (χ3n) is 6.35. The Morgan fingerprint density at radius 3 is 2.45 bits per heavy atom. The Hall–Kier alpha value is -4.84. The molecule has 0 spiro atoms. The van der Waals surface area contributed by atoms with Crippen molar-refractivity contribution >= 4 is 23.2 Å². The number of rotatable bonds is 5. The van der Waals surface area contributed by atoms with Gasteiger partial charge in [-0.2, -0.15) is 10.4 Å². The molecule has 2 aromatic heterocycles. The molecule has 3 heterocycles. The van der Waals surface area contributed by atoms with Gasteiger partial charge in [-0.1, -0.05) is 39.0 Å². The lowest BCUT2D eigenvalue weighted by molar-refractivity contribution is 0.0947. The quantitative estimate of drug-likeness (QED) is 0.431. The van der Waals surface area contributed by atoms with Crippen LogP contribution in [0.15, 0.2) is 67.1 Å². The minimum absolute atomic E-state index is 0.0977. The van der Waals surface area contributed by atoms with Gasteiger partial charge in [0.25, 0.3) is 11.8 Å². The molecule has 9 heteroatoms. The lowest BCUT2D eigenvalue weighted by Crippen LogP contribution is -2.41. The van der Waals surface area contributed by atoms with Crippen LogP contribution in [0.4, 0.5) is 11.4 Å². The number of nitrogens with one attached hydrogen (secondary N) is 1. The molecule has 0 fully saturated rings. The monoisotopic (exact) mass is 505 g/mol. The fourth-order valence-corrected chi connectivity index (χ4v) is 4.34. The number of hydrogen-bond acceptors (Lipinski definition) is 6. The maximum absolute atomic E-state index is 13.5. The Kier molecular flexibility index (Phi) is 6.47. The second-order valence-electron chi connectivity index (χ2n) is 10.2. The third kappa shape index (κ3) is 5.02. The largest absolute Gasteiger partial charge is 0.322 e. The van der Waals surface area contributed by atoms with E-state index >= 15 is 0 Å². The van der Waals surface area contributed by atoms with E-state index in [1.807, 2.05) is 42.7 Å². The van der Waals surface area contributed by atoms with Gasteiger partial charge in [0.2, 0.25) is 0 Å². The van der Waals surface area contributed by atoms with E-state index in [9.17, 15) is 9.59 Å². The van der Waals surface area contributed by atoms with Crippen LogP contribution in [-0.4, -0.2) is 38.1 Å². The maximum Gasteiger partial charge on any atom is 0.277 e. The topological polar surface area (TPSA) is 117 Å². The fourth-order valence-electron chi connectivity index (χ4n) is 4.34. The normalized spacial score (nSPS) is 13.1. The molecule has 0 aliphatic carbocycles. The minimum Gasteiger partial charge on any atom is -0.322 e. The number of carbonyl (C=O) groups excluding carboxylic acids is 2. The van der Waals surface area contributed by atoms with Crippen LogP contribution in [0.25, 0.3) is 0 Å². The van der Waals surface area contributed by atoms with Gasteiger partial charge >= 0.3 is 0 Å². The van der Waals surface area contributed by atoms with Gasteiger partial charge in [0.15, 0.2) is 0 Å². The predicted molar refractivity (Wildman–Crippen MR) is 143 cm³/mol. The summed E-state index contributed by atoms with van der Waals surface area (Å²) in [5.74, 6) is 0.0679. The molecule has 38 heavy (non-hydrogen) atoms.